The molecule has 0 radical (unpaired) electrons. The maximum Gasteiger partial charge on any atom is 0.166 e. The Balaban J connectivity index is 2.03. The molecule has 2 aromatic rings. The van der Waals surface area contributed by atoms with Crippen molar-refractivity contribution in [2.75, 3.05) is 29.5 Å². The fraction of sp³-hybridized carbons (Fsp3) is 0.533. The molecule has 0 bridgehead atoms. The highest BCUT2D eigenvalue weighted by Gasteiger charge is 2.39. The van der Waals surface area contributed by atoms with Crippen LogP contribution in [-0.2, 0) is 10.8 Å². The van der Waals surface area contributed by atoms with Crippen LogP contribution < -0.4 is 10.6 Å². The number of pyridine rings is 1. The molecule has 3 rings (SSSR count). The number of fused-ring (bicyclic) bond motifs is 1. The van der Waals surface area contributed by atoms with Crippen LogP contribution in [-0.4, -0.2) is 42.8 Å². The molecule has 1 unspecified atom stereocenters. The van der Waals surface area contributed by atoms with Crippen LogP contribution in [0.4, 0.5) is 11.6 Å². The molecule has 0 spiro atoms. The van der Waals surface area contributed by atoms with Gasteiger partial charge in [0, 0.05) is 29.6 Å². The van der Waals surface area contributed by atoms with Crippen molar-refractivity contribution >= 4 is 33.5 Å². The van der Waals surface area contributed by atoms with E-state index in [0.717, 1.165) is 37.1 Å². The van der Waals surface area contributed by atoms with Gasteiger partial charge in [-0.2, -0.15) is 0 Å². The van der Waals surface area contributed by atoms with Crippen LogP contribution in [0.2, 0.25) is 0 Å². The first-order valence-corrected chi connectivity index (χ1v) is 8.92. The van der Waals surface area contributed by atoms with Crippen molar-refractivity contribution in [3.63, 3.8) is 0 Å². The third kappa shape index (κ3) is 2.43. The highest BCUT2D eigenvalue weighted by molar-refractivity contribution is 7.86. The summed E-state index contributed by atoms with van der Waals surface area (Å²) in [7, 11) is -0.789. The summed E-state index contributed by atoms with van der Waals surface area (Å²) in [5.74, 6) is 1.99. The monoisotopic (exact) mass is 319 g/mol. The molecule has 6 nitrogen and oxygen atoms in total. The van der Waals surface area contributed by atoms with Crippen LogP contribution in [0.25, 0.3) is 11.0 Å². The van der Waals surface area contributed by atoms with Crippen molar-refractivity contribution < 1.29 is 4.21 Å². The van der Waals surface area contributed by atoms with Crippen molar-refractivity contribution in [3.8, 4) is 0 Å². The van der Waals surface area contributed by atoms with Gasteiger partial charge in [-0.25, -0.2) is 15.0 Å². The van der Waals surface area contributed by atoms with Crippen LogP contribution in [0.3, 0.4) is 0 Å². The van der Waals surface area contributed by atoms with Crippen molar-refractivity contribution in [3.05, 3.63) is 18.5 Å². The number of anilines is 2. The molecule has 1 atom stereocenters. The van der Waals surface area contributed by atoms with E-state index in [1.165, 1.54) is 6.33 Å². The number of nitrogen functional groups attached to an aromatic ring is 1. The van der Waals surface area contributed by atoms with Gasteiger partial charge in [-0.05, 0) is 25.0 Å². The van der Waals surface area contributed by atoms with Gasteiger partial charge < -0.3 is 10.6 Å². The predicted molar refractivity (Wildman–Crippen MR) is 90.3 cm³/mol. The first kappa shape index (κ1) is 15.1. The van der Waals surface area contributed by atoms with E-state index in [-0.39, 0.29) is 4.75 Å². The van der Waals surface area contributed by atoms with E-state index in [1.807, 2.05) is 6.07 Å². The van der Waals surface area contributed by atoms with E-state index in [0.29, 0.717) is 17.2 Å². The van der Waals surface area contributed by atoms with E-state index < -0.39 is 10.8 Å². The first-order chi connectivity index (χ1) is 10.6. The second kappa shape index (κ2) is 5.79. The minimum atomic E-state index is -0.789. The van der Waals surface area contributed by atoms with E-state index in [9.17, 15) is 4.21 Å². The molecule has 7 heteroatoms. The molecular weight excluding hydrogens is 298 g/mol. The number of rotatable bonds is 3. The lowest BCUT2D eigenvalue weighted by atomic mass is 10.0. The zero-order chi connectivity index (χ0) is 15.7. The largest absolute Gasteiger partial charge is 0.384 e. The molecule has 2 aromatic heterocycles. The van der Waals surface area contributed by atoms with Crippen LogP contribution in [0.5, 0.6) is 0 Å². The second-order valence-corrected chi connectivity index (χ2v) is 7.63. The standard InChI is InChI=1S/C15H21N5OS/c1-3-15(4-2)9-20(7-8-22(15)21)14-11-5-6-12(16)19-13(11)17-10-18-14/h5-6,10H,3-4,7-9H2,1-2H3,(H2,16,17,18,19). The first-order valence-electron chi connectivity index (χ1n) is 7.60. The van der Waals surface area contributed by atoms with Crippen molar-refractivity contribution in [1.82, 2.24) is 15.0 Å². The molecule has 0 aromatic carbocycles. The van der Waals surface area contributed by atoms with Crippen molar-refractivity contribution in [2.45, 2.75) is 31.4 Å². The van der Waals surface area contributed by atoms with Crippen LogP contribution >= 0.6 is 0 Å². The fourth-order valence-electron chi connectivity index (χ4n) is 3.08. The van der Waals surface area contributed by atoms with Gasteiger partial charge in [-0.15, -0.1) is 0 Å². The number of nitrogens with zero attached hydrogens (tertiary/aromatic N) is 4. The molecule has 1 aliphatic rings. The van der Waals surface area contributed by atoms with E-state index in [1.54, 1.807) is 6.07 Å². The third-order valence-electron chi connectivity index (χ3n) is 4.59. The van der Waals surface area contributed by atoms with Crippen LogP contribution in [0, 0.1) is 0 Å². The smallest absolute Gasteiger partial charge is 0.166 e. The number of hydrogen-bond acceptors (Lipinski definition) is 6. The van der Waals surface area contributed by atoms with Crippen LogP contribution in [0.15, 0.2) is 18.5 Å². The summed E-state index contributed by atoms with van der Waals surface area (Å²) in [5, 5.41) is 0.894. The SMILES string of the molecule is CCC1(CC)CN(c2ncnc3nc(N)ccc23)CCS1=O. The third-order valence-corrected chi connectivity index (χ3v) is 6.82. The molecule has 2 N–H and O–H groups in total. The molecule has 22 heavy (non-hydrogen) atoms. The molecule has 0 aliphatic carbocycles. The van der Waals surface area contributed by atoms with Gasteiger partial charge in [0.25, 0.3) is 0 Å². The Hall–Kier alpha value is -1.76. The Morgan fingerprint density at radius 1 is 1.32 bits per heavy atom. The Kier molecular flexibility index (Phi) is 3.99. The van der Waals surface area contributed by atoms with Gasteiger partial charge in [-0.3, -0.25) is 4.21 Å². The Morgan fingerprint density at radius 3 is 2.82 bits per heavy atom. The molecule has 1 aliphatic heterocycles. The van der Waals surface area contributed by atoms with Gasteiger partial charge in [0.1, 0.15) is 18.0 Å². The molecule has 0 amide bonds. The van der Waals surface area contributed by atoms with Gasteiger partial charge >= 0.3 is 0 Å². The molecule has 118 valence electrons. The summed E-state index contributed by atoms with van der Waals surface area (Å²) in [5.41, 5.74) is 6.34. The molecule has 3 heterocycles. The fourth-order valence-corrected chi connectivity index (χ4v) is 4.84. The van der Waals surface area contributed by atoms with E-state index in [2.05, 4.69) is 33.7 Å². The van der Waals surface area contributed by atoms with Gasteiger partial charge in [-0.1, -0.05) is 13.8 Å². The molecule has 0 saturated carbocycles. The highest BCUT2D eigenvalue weighted by Crippen LogP contribution is 2.32. The second-order valence-electron chi connectivity index (χ2n) is 5.67. The zero-order valence-electron chi connectivity index (χ0n) is 13.0. The summed E-state index contributed by atoms with van der Waals surface area (Å²) in [6, 6.07) is 3.68. The van der Waals surface area contributed by atoms with E-state index in [4.69, 9.17) is 5.73 Å². The summed E-state index contributed by atoms with van der Waals surface area (Å²) < 4.78 is 12.3. The van der Waals surface area contributed by atoms with Gasteiger partial charge in [0.2, 0.25) is 0 Å². The summed E-state index contributed by atoms with van der Waals surface area (Å²) in [4.78, 5) is 15.1. The van der Waals surface area contributed by atoms with Gasteiger partial charge in [0.15, 0.2) is 5.65 Å². The summed E-state index contributed by atoms with van der Waals surface area (Å²) >= 11 is 0. The quantitative estimate of drug-likeness (QED) is 0.927. The zero-order valence-corrected chi connectivity index (χ0v) is 13.8. The summed E-state index contributed by atoms with van der Waals surface area (Å²) in [6.45, 7) is 5.73. The highest BCUT2D eigenvalue weighted by atomic mass is 32.2. The molecular formula is C15H21N5OS. The average Bonchev–Trinajstić information content (AvgIpc) is 2.55. The van der Waals surface area contributed by atoms with E-state index >= 15 is 0 Å². The Bertz CT molecular complexity index is 716. The number of hydrogen-bond donors (Lipinski definition) is 1. The predicted octanol–water partition coefficient (Wildman–Crippen LogP) is 1.73. The topological polar surface area (TPSA) is 85.0 Å². The minimum Gasteiger partial charge on any atom is -0.384 e. The lowest BCUT2D eigenvalue weighted by molar-refractivity contribution is 0.495. The van der Waals surface area contributed by atoms with Crippen LogP contribution in [0.1, 0.15) is 26.7 Å². The Labute approximate surface area is 132 Å². The van der Waals surface area contributed by atoms with Crippen molar-refractivity contribution in [2.24, 2.45) is 0 Å². The maximum atomic E-state index is 12.5. The number of aromatic nitrogens is 3. The molecule has 1 fully saturated rings. The lowest BCUT2D eigenvalue weighted by Gasteiger charge is -2.41. The minimum absolute atomic E-state index is 0.156. The normalized spacial score (nSPS) is 21.2. The molecule has 1 saturated heterocycles. The van der Waals surface area contributed by atoms with Crippen molar-refractivity contribution in [1.29, 1.82) is 0 Å². The maximum absolute atomic E-state index is 12.5. The number of nitrogens with two attached hydrogens (primary N) is 1. The summed E-state index contributed by atoms with van der Waals surface area (Å²) in [6.07, 6.45) is 3.33. The van der Waals surface area contributed by atoms with Gasteiger partial charge in [0.05, 0.1) is 10.1 Å². The lowest BCUT2D eigenvalue weighted by Crippen LogP contribution is -2.53. The average molecular weight is 319 g/mol. The Morgan fingerprint density at radius 2 is 2.09 bits per heavy atom.